The van der Waals surface area contributed by atoms with E-state index in [1.165, 1.54) is 21.3 Å². The third kappa shape index (κ3) is 4.48. The Bertz CT molecular complexity index is 296. The molecule has 92 valence electrons. The first-order valence-electron chi connectivity index (χ1n) is 6.09. The average Bonchev–Trinajstić information content (AvgIpc) is 2.74. The minimum atomic E-state index is 0.484. The zero-order valence-corrected chi connectivity index (χ0v) is 12.4. The Balaban J connectivity index is 2.41. The third-order valence-corrected chi connectivity index (χ3v) is 5.12. The first-order chi connectivity index (χ1) is 7.67. The summed E-state index contributed by atoms with van der Waals surface area (Å²) in [6.07, 6.45) is 1.15. The molecule has 0 aliphatic heterocycles. The number of aryl methyl sites for hydroxylation is 1. The van der Waals surface area contributed by atoms with Crippen LogP contribution < -0.4 is 5.32 Å². The van der Waals surface area contributed by atoms with Crippen LogP contribution in [0.2, 0.25) is 0 Å². The Hall–Kier alpha value is 0.01000. The molecule has 0 spiro atoms. The van der Waals surface area contributed by atoms with Crippen LogP contribution in [0.25, 0.3) is 0 Å². The lowest BCUT2D eigenvalue weighted by atomic mass is 10.2. The van der Waals surface area contributed by atoms with Crippen LogP contribution in [0.1, 0.15) is 43.5 Å². The fourth-order valence-corrected chi connectivity index (χ4v) is 3.32. The van der Waals surface area contributed by atoms with Crippen LogP contribution in [-0.4, -0.2) is 17.5 Å². The van der Waals surface area contributed by atoms with Crippen molar-refractivity contribution in [1.29, 1.82) is 0 Å². The largest absolute Gasteiger partial charge is 0.306 e. The molecular formula is C13H23NS2. The van der Waals surface area contributed by atoms with Gasteiger partial charge in [-0.1, -0.05) is 13.8 Å². The van der Waals surface area contributed by atoms with Crippen molar-refractivity contribution in [2.45, 2.75) is 46.2 Å². The summed E-state index contributed by atoms with van der Waals surface area (Å²) in [5.41, 5.74) is 0. The first kappa shape index (κ1) is 14.1. The molecule has 0 fully saturated rings. The number of thioether (sulfide) groups is 1. The van der Waals surface area contributed by atoms with Crippen molar-refractivity contribution in [3.8, 4) is 0 Å². The Morgan fingerprint density at radius 1 is 1.31 bits per heavy atom. The fourth-order valence-electron chi connectivity index (χ4n) is 1.67. The molecule has 0 aliphatic carbocycles. The number of nitrogens with one attached hydrogen (secondary N) is 1. The van der Waals surface area contributed by atoms with Crippen LogP contribution in [0.3, 0.4) is 0 Å². The standard InChI is InChI=1S/C13H23NS2/c1-5-12-7-8-13(16-12)11(4)14-10(3)9-15-6-2/h7-8,10-11,14H,5-6,9H2,1-4H3. The van der Waals surface area contributed by atoms with Crippen molar-refractivity contribution < 1.29 is 0 Å². The van der Waals surface area contributed by atoms with Gasteiger partial charge in [0.2, 0.25) is 0 Å². The molecule has 0 amide bonds. The molecule has 3 heteroatoms. The van der Waals surface area contributed by atoms with Gasteiger partial charge in [0.25, 0.3) is 0 Å². The number of hydrogen-bond donors (Lipinski definition) is 1. The van der Waals surface area contributed by atoms with E-state index in [0.717, 1.165) is 6.42 Å². The molecule has 1 rings (SSSR count). The van der Waals surface area contributed by atoms with Gasteiger partial charge >= 0.3 is 0 Å². The molecule has 16 heavy (non-hydrogen) atoms. The summed E-state index contributed by atoms with van der Waals surface area (Å²) in [6.45, 7) is 8.97. The predicted octanol–water partition coefficient (Wildman–Crippen LogP) is 4.10. The topological polar surface area (TPSA) is 12.0 Å². The van der Waals surface area contributed by atoms with E-state index in [1.807, 2.05) is 23.1 Å². The molecule has 1 nitrogen and oxygen atoms in total. The zero-order chi connectivity index (χ0) is 12.0. The summed E-state index contributed by atoms with van der Waals surface area (Å²) in [7, 11) is 0. The van der Waals surface area contributed by atoms with Crippen LogP contribution in [-0.2, 0) is 6.42 Å². The minimum Gasteiger partial charge on any atom is -0.306 e. The van der Waals surface area contributed by atoms with Crippen molar-refractivity contribution >= 4 is 23.1 Å². The van der Waals surface area contributed by atoms with Crippen molar-refractivity contribution in [1.82, 2.24) is 5.32 Å². The highest BCUT2D eigenvalue weighted by molar-refractivity contribution is 7.99. The number of hydrogen-bond acceptors (Lipinski definition) is 3. The van der Waals surface area contributed by atoms with Gasteiger partial charge in [-0.2, -0.15) is 11.8 Å². The normalized spacial score (nSPS) is 15.0. The molecule has 0 aromatic carbocycles. The van der Waals surface area contributed by atoms with Gasteiger partial charge < -0.3 is 5.32 Å². The van der Waals surface area contributed by atoms with E-state index in [-0.39, 0.29) is 0 Å². The summed E-state index contributed by atoms with van der Waals surface area (Å²) < 4.78 is 0. The maximum atomic E-state index is 3.66. The van der Waals surface area contributed by atoms with E-state index in [0.29, 0.717) is 12.1 Å². The number of rotatable bonds is 7. The van der Waals surface area contributed by atoms with Gasteiger partial charge in [0.05, 0.1) is 0 Å². The predicted molar refractivity (Wildman–Crippen MR) is 77.7 cm³/mol. The maximum Gasteiger partial charge on any atom is 0.0388 e. The first-order valence-corrected chi connectivity index (χ1v) is 8.06. The molecule has 1 aromatic rings. The fraction of sp³-hybridized carbons (Fsp3) is 0.692. The van der Waals surface area contributed by atoms with E-state index in [9.17, 15) is 0 Å². The van der Waals surface area contributed by atoms with Crippen molar-refractivity contribution in [3.05, 3.63) is 21.9 Å². The lowest BCUT2D eigenvalue weighted by Gasteiger charge is -2.18. The smallest absolute Gasteiger partial charge is 0.0388 e. The van der Waals surface area contributed by atoms with Gasteiger partial charge in [0.1, 0.15) is 0 Å². The maximum absolute atomic E-state index is 3.66. The molecule has 1 N–H and O–H groups in total. The van der Waals surface area contributed by atoms with Crippen molar-refractivity contribution in [3.63, 3.8) is 0 Å². The molecule has 0 radical (unpaired) electrons. The van der Waals surface area contributed by atoms with Crippen molar-refractivity contribution in [2.75, 3.05) is 11.5 Å². The second-order valence-electron chi connectivity index (χ2n) is 4.11. The molecular weight excluding hydrogens is 234 g/mol. The van der Waals surface area contributed by atoms with Gasteiger partial charge in [-0.15, -0.1) is 11.3 Å². The lowest BCUT2D eigenvalue weighted by molar-refractivity contribution is 0.517. The zero-order valence-electron chi connectivity index (χ0n) is 10.7. The lowest BCUT2D eigenvalue weighted by Crippen LogP contribution is -2.30. The van der Waals surface area contributed by atoms with Gasteiger partial charge in [-0.05, 0) is 38.2 Å². The highest BCUT2D eigenvalue weighted by Gasteiger charge is 2.11. The molecule has 0 saturated carbocycles. The van der Waals surface area contributed by atoms with Gasteiger partial charge in [-0.3, -0.25) is 0 Å². The summed E-state index contributed by atoms with van der Waals surface area (Å²) in [5.74, 6) is 2.41. The molecule has 0 saturated heterocycles. The van der Waals surface area contributed by atoms with Gasteiger partial charge in [-0.25, -0.2) is 0 Å². The Labute approximate surface area is 108 Å². The third-order valence-electron chi connectivity index (χ3n) is 2.56. The monoisotopic (exact) mass is 257 g/mol. The van der Waals surface area contributed by atoms with Crippen LogP contribution >= 0.6 is 23.1 Å². The second-order valence-corrected chi connectivity index (χ2v) is 6.63. The Morgan fingerprint density at radius 2 is 2.06 bits per heavy atom. The van der Waals surface area contributed by atoms with Gasteiger partial charge in [0, 0.05) is 27.6 Å². The minimum absolute atomic E-state index is 0.484. The highest BCUT2D eigenvalue weighted by Crippen LogP contribution is 2.24. The molecule has 0 aliphatic rings. The van der Waals surface area contributed by atoms with Crippen molar-refractivity contribution in [2.24, 2.45) is 0 Å². The van der Waals surface area contributed by atoms with Crippen LogP contribution in [0.15, 0.2) is 12.1 Å². The molecule has 1 aromatic heterocycles. The molecule has 2 atom stereocenters. The SMILES string of the molecule is CCSCC(C)NC(C)c1ccc(CC)s1. The summed E-state index contributed by atoms with van der Waals surface area (Å²) in [6, 6.07) is 5.59. The summed E-state index contributed by atoms with van der Waals surface area (Å²) in [4.78, 5) is 2.95. The average molecular weight is 257 g/mol. The molecule has 1 heterocycles. The highest BCUT2D eigenvalue weighted by atomic mass is 32.2. The van der Waals surface area contributed by atoms with Crippen LogP contribution in [0.4, 0.5) is 0 Å². The second kappa shape index (κ2) is 7.36. The van der Waals surface area contributed by atoms with Crippen LogP contribution in [0, 0.1) is 0 Å². The van der Waals surface area contributed by atoms with E-state index < -0.39 is 0 Å². The Morgan fingerprint density at radius 3 is 2.62 bits per heavy atom. The quantitative estimate of drug-likeness (QED) is 0.789. The molecule has 0 bridgehead atoms. The number of thiophene rings is 1. The molecule has 2 unspecified atom stereocenters. The van der Waals surface area contributed by atoms with E-state index in [4.69, 9.17) is 0 Å². The van der Waals surface area contributed by atoms with E-state index in [1.54, 1.807) is 0 Å². The van der Waals surface area contributed by atoms with Gasteiger partial charge in [0.15, 0.2) is 0 Å². The summed E-state index contributed by atoms with van der Waals surface area (Å²) >= 11 is 3.94. The van der Waals surface area contributed by atoms with E-state index >= 15 is 0 Å². The van der Waals surface area contributed by atoms with E-state index in [2.05, 4.69) is 45.1 Å². The summed E-state index contributed by atoms with van der Waals surface area (Å²) in [5, 5.41) is 3.66. The van der Waals surface area contributed by atoms with Crippen LogP contribution in [0.5, 0.6) is 0 Å². The Kier molecular flexibility index (Phi) is 6.47.